The molecule has 0 amide bonds. The first-order valence-electron chi connectivity index (χ1n) is 13.4. The van der Waals surface area contributed by atoms with Crippen molar-refractivity contribution in [1.29, 1.82) is 0 Å². The summed E-state index contributed by atoms with van der Waals surface area (Å²) >= 11 is 0. The second-order valence-corrected chi connectivity index (χ2v) is 12.4. The standard InChI is InChI=1S/3C8H19O2P.Fe/c3*1-2-3-4-5-6-7-8-11(9)10;/h3*11H,2-8H2,1H3,(H,9,10);/q;;;+3/p-3. The van der Waals surface area contributed by atoms with Gasteiger partial charge in [-0.3, -0.25) is 0 Å². The van der Waals surface area contributed by atoms with Gasteiger partial charge in [0.15, 0.2) is 0 Å². The summed E-state index contributed by atoms with van der Waals surface area (Å²) in [7, 11) is -7.28. The average Bonchev–Trinajstić information content (AvgIpc) is 2.76. The summed E-state index contributed by atoms with van der Waals surface area (Å²) in [4.78, 5) is 30.5. The van der Waals surface area contributed by atoms with Gasteiger partial charge in [-0.1, -0.05) is 117 Å². The summed E-state index contributed by atoms with van der Waals surface area (Å²) in [6.07, 6.45) is 22.1. The Morgan fingerprint density at radius 2 is 0.559 bits per heavy atom. The molecule has 209 valence electrons. The zero-order valence-corrected chi connectivity index (χ0v) is 26.3. The predicted octanol–water partition coefficient (Wildman–Crippen LogP) is 6.54. The van der Waals surface area contributed by atoms with Crippen LogP contribution in [0, 0.1) is 0 Å². The molecule has 1 radical (unpaired) electrons. The molecule has 0 aliphatic heterocycles. The van der Waals surface area contributed by atoms with Crippen LogP contribution in [0.25, 0.3) is 0 Å². The van der Waals surface area contributed by atoms with E-state index in [0.717, 1.165) is 38.5 Å². The summed E-state index contributed by atoms with van der Waals surface area (Å²) in [5.41, 5.74) is 0. The molecular weight excluding hydrogens is 533 g/mol. The quantitative estimate of drug-likeness (QED) is 0.0854. The van der Waals surface area contributed by atoms with E-state index in [4.69, 9.17) is 0 Å². The van der Waals surface area contributed by atoms with Crippen molar-refractivity contribution < 1.29 is 45.4 Å². The van der Waals surface area contributed by atoms with E-state index in [0.29, 0.717) is 18.5 Å². The molecule has 0 fully saturated rings. The second-order valence-electron chi connectivity index (χ2n) is 8.67. The van der Waals surface area contributed by atoms with Gasteiger partial charge in [-0.15, -0.1) is 0 Å². The number of rotatable bonds is 21. The van der Waals surface area contributed by atoms with Gasteiger partial charge in [0.25, 0.3) is 0 Å². The largest absolute Gasteiger partial charge is 3.00 e. The fourth-order valence-electron chi connectivity index (χ4n) is 3.15. The van der Waals surface area contributed by atoms with Crippen LogP contribution >= 0.6 is 24.1 Å². The predicted molar refractivity (Wildman–Crippen MR) is 142 cm³/mol. The smallest absolute Gasteiger partial charge is 0.802 e. The molecule has 0 aromatic carbocycles. The van der Waals surface area contributed by atoms with Gasteiger partial charge in [-0.05, 0) is 37.7 Å². The number of unbranched alkanes of at least 4 members (excludes halogenated alkanes) is 15. The van der Waals surface area contributed by atoms with E-state index in [1.165, 1.54) is 77.0 Å². The first kappa shape index (κ1) is 42.2. The van der Waals surface area contributed by atoms with Gasteiger partial charge in [0.1, 0.15) is 0 Å². The van der Waals surface area contributed by atoms with E-state index in [2.05, 4.69) is 20.8 Å². The van der Waals surface area contributed by atoms with Crippen molar-refractivity contribution in [3.05, 3.63) is 0 Å². The molecule has 0 aliphatic rings. The molecular formula is C24H54FeO6P3. The van der Waals surface area contributed by atoms with Crippen LogP contribution in [0.5, 0.6) is 0 Å². The Morgan fingerprint density at radius 1 is 0.382 bits per heavy atom. The van der Waals surface area contributed by atoms with Gasteiger partial charge in [-0.2, -0.15) is 0 Å². The normalized spacial score (nSPS) is 12.9. The fourth-order valence-corrected chi connectivity index (χ4v) is 4.77. The molecule has 0 bridgehead atoms. The Kier molecular flexibility index (Phi) is 47.9. The molecule has 0 aliphatic carbocycles. The maximum absolute atomic E-state index is 10.2. The maximum atomic E-state index is 10.2. The Hall–Kier alpha value is 1.09. The van der Waals surface area contributed by atoms with Crippen molar-refractivity contribution >= 4 is 24.1 Å². The minimum absolute atomic E-state index is 0. The molecule has 0 rings (SSSR count). The maximum Gasteiger partial charge on any atom is 3.00 e. The van der Waals surface area contributed by atoms with Crippen LogP contribution < -0.4 is 14.7 Å². The van der Waals surface area contributed by atoms with Gasteiger partial charge in [0.2, 0.25) is 0 Å². The topological polar surface area (TPSA) is 120 Å². The van der Waals surface area contributed by atoms with Crippen LogP contribution in [0.2, 0.25) is 0 Å². The molecule has 0 aromatic heterocycles. The molecule has 6 nitrogen and oxygen atoms in total. The zero-order valence-electron chi connectivity index (χ0n) is 22.2. The van der Waals surface area contributed by atoms with Gasteiger partial charge < -0.3 is 28.4 Å². The minimum atomic E-state index is -2.43. The SMILES string of the molecule is CCCCCCCC[PH](=O)[O-].CCCCCCCC[PH](=O)[O-].CCCCCCCC[PH](=O)[O-].[Fe+3]. The second kappa shape index (κ2) is 38.6. The van der Waals surface area contributed by atoms with Crippen LogP contribution in [0.3, 0.4) is 0 Å². The molecule has 3 unspecified atom stereocenters. The third-order valence-electron chi connectivity index (χ3n) is 5.20. The van der Waals surface area contributed by atoms with E-state index in [9.17, 15) is 28.4 Å². The Bertz CT molecular complexity index is 381. The van der Waals surface area contributed by atoms with Gasteiger partial charge in [0.05, 0.1) is 0 Å². The van der Waals surface area contributed by atoms with E-state index in [1.807, 2.05) is 0 Å². The molecule has 0 saturated heterocycles. The molecule has 0 spiro atoms. The number of hydrogen-bond donors (Lipinski definition) is 0. The molecule has 0 aromatic rings. The molecule has 10 heteroatoms. The first-order valence-corrected chi connectivity index (χ1v) is 18.0. The summed E-state index contributed by atoms with van der Waals surface area (Å²) in [5.74, 6) is 0. The number of hydrogen-bond acceptors (Lipinski definition) is 6. The van der Waals surface area contributed by atoms with Crippen molar-refractivity contribution in [2.75, 3.05) is 18.5 Å². The van der Waals surface area contributed by atoms with Crippen LogP contribution in [0.1, 0.15) is 136 Å². The molecule has 0 heterocycles. The molecule has 3 atom stereocenters. The summed E-state index contributed by atoms with van der Waals surface area (Å²) in [6, 6.07) is 0. The van der Waals surface area contributed by atoms with Gasteiger partial charge >= 0.3 is 17.1 Å². The van der Waals surface area contributed by atoms with E-state index >= 15 is 0 Å². The van der Waals surface area contributed by atoms with Gasteiger partial charge in [0, 0.05) is 24.1 Å². The van der Waals surface area contributed by atoms with Crippen LogP contribution in [0.15, 0.2) is 0 Å². The van der Waals surface area contributed by atoms with E-state index < -0.39 is 24.1 Å². The summed E-state index contributed by atoms with van der Waals surface area (Å²) in [6.45, 7) is 6.53. The third kappa shape index (κ3) is 54.1. The monoisotopic (exact) mass is 587 g/mol. The van der Waals surface area contributed by atoms with Crippen LogP contribution in [-0.4, -0.2) is 18.5 Å². The Labute approximate surface area is 223 Å². The minimum Gasteiger partial charge on any atom is -0.802 e. The summed E-state index contributed by atoms with van der Waals surface area (Å²) in [5, 5.41) is 0. The molecule has 0 saturated carbocycles. The van der Waals surface area contributed by atoms with Crippen molar-refractivity contribution in [2.45, 2.75) is 136 Å². The van der Waals surface area contributed by atoms with Crippen molar-refractivity contribution in [3.63, 3.8) is 0 Å². The van der Waals surface area contributed by atoms with Crippen molar-refractivity contribution in [2.24, 2.45) is 0 Å². The van der Waals surface area contributed by atoms with Crippen LogP contribution in [-0.2, 0) is 30.8 Å². The van der Waals surface area contributed by atoms with Gasteiger partial charge in [-0.25, -0.2) is 0 Å². The third-order valence-corrected chi connectivity index (χ3v) is 7.49. The van der Waals surface area contributed by atoms with E-state index in [1.54, 1.807) is 0 Å². The Balaban J connectivity index is -0.000000196. The molecule has 34 heavy (non-hydrogen) atoms. The van der Waals surface area contributed by atoms with Crippen molar-refractivity contribution in [1.82, 2.24) is 0 Å². The molecule has 0 N–H and O–H groups in total. The first-order chi connectivity index (χ1) is 15.8. The fraction of sp³-hybridized carbons (Fsp3) is 1.00. The van der Waals surface area contributed by atoms with E-state index in [-0.39, 0.29) is 17.1 Å². The summed E-state index contributed by atoms with van der Waals surface area (Å²) < 4.78 is 30.5. The van der Waals surface area contributed by atoms with Crippen LogP contribution in [0.4, 0.5) is 0 Å². The Morgan fingerprint density at radius 3 is 0.735 bits per heavy atom. The average molecular weight is 587 g/mol. The zero-order chi connectivity index (χ0) is 25.6. The van der Waals surface area contributed by atoms with Crippen molar-refractivity contribution in [3.8, 4) is 0 Å².